The Labute approximate surface area is 311 Å². The molecule has 0 amide bonds. The molecule has 0 N–H and O–H groups in total. The van der Waals surface area contributed by atoms with Gasteiger partial charge in [0.15, 0.2) is 12.6 Å². The van der Waals surface area contributed by atoms with E-state index in [-0.39, 0.29) is 42.5 Å². The first-order chi connectivity index (χ1) is 26.3. The van der Waals surface area contributed by atoms with Gasteiger partial charge in [0.05, 0.1) is 16.8 Å². The Kier molecular flexibility index (Phi) is 10.0. The van der Waals surface area contributed by atoms with E-state index in [9.17, 15) is 9.18 Å². The third-order valence-corrected chi connectivity index (χ3v) is 11.1. The van der Waals surface area contributed by atoms with Crippen molar-refractivity contribution in [3.05, 3.63) is 78.0 Å². The van der Waals surface area contributed by atoms with Crippen LogP contribution in [-0.4, -0.2) is 84.2 Å². The lowest BCUT2D eigenvalue weighted by Gasteiger charge is -2.33. The molecular formula is C41H42F3N5O5. The second-order valence-electron chi connectivity index (χ2n) is 14.4. The summed E-state index contributed by atoms with van der Waals surface area (Å²) in [5, 5.41) is 1.53. The number of nitrogens with zero attached hydrogens (tertiary/aromatic N) is 5. The van der Waals surface area contributed by atoms with Crippen molar-refractivity contribution in [2.24, 2.45) is 5.92 Å². The zero-order valence-electron chi connectivity index (χ0n) is 30.3. The summed E-state index contributed by atoms with van der Waals surface area (Å²) >= 11 is 0. The summed E-state index contributed by atoms with van der Waals surface area (Å²) < 4.78 is 69.9. The molecule has 0 radical (unpaired) electrons. The number of alkyl halides is 1. The van der Waals surface area contributed by atoms with E-state index in [2.05, 4.69) is 14.9 Å². The van der Waals surface area contributed by atoms with Crippen LogP contribution < -0.4 is 19.1 Å². The van der Waals surface area contributed by atoms with E-state index in [0.717, 1.165) is 19.4 Å². The molecular weight excluding hydrogens is 699 g/mol. The maximum Gasteiger partial charge on any atom is 0.319 e. The van der Waals surface area contributed by atoms with Gasteiger partial charge in [0.25, 0.3) is 0 Å². The van der Waals surface area contributed by atoms with Gasteiger partial charge in [-0.15, -0.1) is 0 Å². The van der Waals surface area contributed by atoms with Crippen LogP contribution in [0.2, 0.25) is 0 Å². The summed E-state index contributed by atoms with van der Waals surface area (Å²) in [6.07, 6.45) is 4.00. The van der Waals surface area contributed by atoms with Crippen molar-refractivity contribution in [1.82, 2.24) is 19.9 Å². The maximum absolute atomic E-state index is 17.2. The number of rotatable bonds is 11. The Balaban J connectivity index is 1.19. The average molecular weight is 742 g/mol. The number of para-hydroxylation sites is 1. The first-order valence-electron chi connectivity index (χ1n) is 18.5. The van der Waals surface area contributed by atoms with Gasteiger partial charge in [0, 0.05) is 44.9 Å². The standard InChI is InChI=1S/C41H42F3N5O5/c1-3-30-33(43)11-10-26-18-29(53-24-51-2)19-31(34(26)30)36-35(44)37-32(21-45-36)38(47-40(46-37)52-23-41-14-7-15-49(41)22-27(42)20-41)48-16-12-25(13-17-48)39(50)54-28-8-5-4-6-9-28/h4-6,8-11,18-19,21,25,27H,3,7,12-17,20,22-24H2,1-2H3/t27-,41+/m1/s1. The Hall–Kier alpha value is -5.01. The van der Waals surface area contributed by atoms with Gasteiger partial charge in [-0.2, -0.15) is 9.97 Å². The number of aromatic nitrogens is 3. The number of carbonyl (C=O) groups excluding carboxylic acids is 1. The van der Waals surface area contributed by atoms with Crippen LogP contribution in [0.25, 0.3) is 32.9 Å². The Bertz CT molecular complexity index is 2180. The van der Waals surface area contributed by atoms with Gasteiger partial charge in [-0.05, 0) is 85.3 Å². The number of ether oxygens (including phenoxy) is 4. The number of carbonyl (C=O) groups is 1. The number of hydrogen-bond donors (Lipinski definition) is 0. The van der Waals surface area contributed by atoms with Crippen molar-refractivity contribution in [3.63, 3.8) is 0 Å². The Morgan fingerprint density at radius 1 is 1.00 bits per heavy atom. The van der Waals surface area contributed by atoms with Gasteiger partial charge in [-0.25, -0.2) is 13.2 Å². The van der Waals surface area contributed by atoms with E-state index in [1.807, 2.05) is 30.0 Å². The number of pyridine rings is 1. The Morgan fingerprint density at radius 2 is 1.81 bits per heavy atom. The van der Waals surface area contributed by atoms with Crippen LogP contribution in [-0.2, 0) is 16.0 Å². The topological polar surface area (TPSA) is 99.1 Å². The zero-order valence-corrected chi connectivity index (χ0v) is 30.3. The van der Waals surface area contributed by atoms with Crippen LogP contribution in [0.15, 0.2) is 60.8 Å². The second-order valence-corrected chi connectivity index (χ2v) is 14.4. The van der Waals surface area contributed by atoms with E-state index in [1.165, 1.54) is 19.4 Å². The molecule has 5 heterocycles. The fraction of sp³-hybridized carbons (Fsp3) is 0.415. The molecule has 3 aliphatic heterocycles. The number of anilines is 1. The molecule has 0 unspecified atom stereocenters. The van der Waals surface area contributed by atoms with Crippen molar-refractivity contribution in [2.75, 3.05) is 51.6 Å². The van der Waals surface area contributed by atoms with E-state index in [0.29, 0.717) is 89.9 Å². The number of methoxy groups -OCH3 is 1. The minimum absolute atomic E-state index is 0.0213. The summed E-state index contributed by atoms with van der Waals surface area (Å²) in [6.45, 7) is 3.99. The SMILES string of the molecule is CCc1c(F)ccc2cc(OCOC)cc(-c3ncc4c(N5CCC(C(=O)Oc6ccccc6)CC5)nc(OC[C@@]56CCCN5C[C@H](F)C6)nc4c3F)c12. The summed E-state index contributed by atoms with van der Waals surface area (Å²) in [4.78, 5) is 31.2. The number of esters is 1. The van der Waals surface area contributed by atoms with Gasteiger partial charge in [-0.1, -0.05) is 31.2 Å². The molecule has 5 aromatic rings. The smallest absolute Gasteiger partial charge is 0.319 e. The van der Waals surface area contributed by atoms with Gasteiger partial charge in [-0.3, -0.25) is 14.7 Å². The van der Waals surface area contributed by atoms with E-state index in [1.54, 1.807) is 30.3 Å². The van der Waals surface area contributed by atoms with Crippen LogP contribution in [0.5, 0.6) is 17.5 Å². The lowest BCUT2D eigenvalue weighted by molar-refractivity contribution is -0.139. The Morgan fingerprint density at radius 3 is 2.59 bits per heavy atom. The minimum atomic E-state index is -0.945. The molecule has 0 bridgehead atoms. The third-order valence-electron chi connectivity index (χ3n) is 11.1. The molecule has 0 saturated carbocycles. The highest BCUT2D eigenvalue weighted by Crippen LogP contribution is 2.42. The largest absolute Gasteiger partial charge is 0.468 e. The number of aryl methyl sites for hydroxylation is 1. The van der Waals surface area contributed by atoms with Crippen molar-refractivity contribution >= 4 is 33.5 Å². The fourth-order valence-electron chi connectivity index (χ4n) is 8.41. The molecule has 2 atom stereocenters. The van der Waals surface area contributed by atoms with Crippen molar-refractivity contribution in [1.29, 1.82) is 0 Å². The fourth-order valence-corrected chi connectivity index (χ4v) is 8.41. The van der Waals surface area contributed by atoms with Crippen LogP contribution in [0.1, 0.15) is 44.6 Å². The number of fused-ring (bicyclic) bond motifs is 3. The number of hydrogen-bond acceptors (Lipinski definition) is 10. The molecule has 282 valence electrons. The first kappa shape index (κ1) is 36.0. The number of halogens is 3. The summed E-state index contributed by atoms with van der Waals surface area (Å²) in [7, 11) is 1.50. The highest BCUT2D eigenvalue weighted by atomic mass is 19.1. The maximum atomic E-state index is 17.2. The van der Waals surface area contributed by atoms with Gasteiger partial charge in [0.2, 0.25) is 0 Å². The van der Waals surface area contributed by atoms with E-state index >= 15 is 8.78 Å². The summed E-state index contributed by atoms with van der Waals surface area (Å²) in [5.41, 5.74) is 0.234. The van der Waals surface area contributed by atoms with Gasteiger partial charge in [0.1, 0.15) is 47.1 Å². The minimum Gasteiger partial charge on any atom is -0.468 e. The van der Waals surface area contributed by atoms with Crippen LogP contribution >= 0.6 is 0 Å². The van der Waals surface area contributed by atoms with Crippen LogP contribution in [0.3, 0.4) is 0 Å². The van der Waals surface area contributed by atoms with Crippen molar-refractivity contribution in [3.8, 4) is 28.8 Å². The van der Waals surface area contributed by atoms with E-state index < -0.39 is 23.3 Å². The molecule has 0 aliphatic carbocycles. The highest BCUT2D eigenvalue weighted by molar-refractivity contribution is 6.02. The molecule has 8 rings (SSSR count). The zero-order chi connectivity index (χ0) is 37.4. The molecule has 13 heteroatoms. The second kappa shape index (κ2) is 15.0. The van der Waals surface area contributed by atoms with Gasteiger partial charge >= 0.3 is 12.0 Å². The summed E-state index contributed by atoms with van der Waals surface area (Å²) in [5.74, 6) is -0.459. The average Bonchev–Trinajstić information content (AvgIpc) is 3.72. The normalized spacial score (nSPS) is 20.5. The molecule has 3 aromatic carbocycles. The molecule has 2 aromatic heterocycles. The number of piperidine rings is 1. The van der Waals surface area contributed by atoms with E-state index in [4.69, 9.17) is 23.9 Å². The number of benzene rings is 3. The van der Waals surface area contributed by atoms with Crippen molar-refractivity contribution in [2.45, 2.75) is 57.2 Å². The first-order valence-corrected chi connectivity index (χ1v) is 18.5. The summed E-state index contributed by atoms with van der Waals surface area (Å²) in [6, 6.07) is 15.3. The molecule has 54 heavy (non-hydrogen) atoms. The monoisotopic (exact) mass is 741 g/mol. The molecule has 3 fully saturated rings. The van der Waals surface area contributed by atoms with Gasteiger partial charge < -0.3 is 23.8 Å². The van der Waals surface area contributed by atoms with Crippen LogP contribution in [0.4, 0.5) is 19.0 Å². The van der Waals surface area contributed by atoms with Crippen LogP contribution in [0, 0.1) is 17.6 Å². The lowest BCUT2D eigenvalue weighted by Crippen LogP contribution is -2.43. The molecule has 3 saturated heterocycles. The molecule has 0 spiro atoms. The van der Waals surface area contributed by atoms with Crippen molar-refractivity contribution < 1.29 is 36.9 Å². The predicted octanol–water partition coefficient (Wildman–Crippen LogP) is 7.45. The quantitative estimate of drug-likeness (QED) is 0.0772. The molecule has 10 nitrogen and oxygen atoms in total. The highest BCUT2D eigenvalue weighted by Gasteiger charge is 2.49. The predicted molar refractivity (Wildman–Crippen MR) is 198 cm³/mol. The lowest BCUT2D eigenvalue weighted by atomic mass is 9.94. The third kappa shape index (κ3) is 6.79. The molecule has 3 aliphatic rings.